The Morgan fingerprint density at radius 2 is 1.71 bits per heavy atom. The number of allylic oxidation sites excluding steroid dienone is 1. The van der Waals surface area contributed by atoms with Crippen molar-refractivity contribution in [2.45, 2.75) is 19.3 Å². The van der Waals surface area contributed by atoms with Gasteiger partial charge < -0.3 is 9.52 Å². The summed E-state index contributed by atoms with van der Waals surface area (Å²) >= 11 is 0. The summed E-state index contributed by atoms with van der Waals surface area (Å²) in [5.74, 6) is -0.234. The van der Waals surface area contributed by atoms with Crippen LogP contribution in [0.1, 0.15) is 40.0 Å². The largest absolute Gasteiger partial charge is 0.478 e. The van der Waals surface area contributed by atoms with Crippen LogP contribution in [-0.4, -0.2) is 25.8 Å². The third-order valence-corrected chi connectivity index (χ3v) is 7.14. The number of pyridine rings is 1. The number of aromatic carboxylic acids is 1. The SMILES string of the molecule is O=C(O)c1c2c(nc3ccccc13)C(=Cc1cn(-c3ccccc3)nc1-c1cc3ccccc3o1)CCC2. The van der Waals surface area contributed by atoms with Crippen molar-refractivity contribution in [3.63, 3.8) is 0 Å². The van der Waals surface area contributed by atoms with Crippen LogP contribution >= 0.6 is 0 Å². The minimum atomic E-state index is -0.916. The van der Waals surface area contributed by atoms with Gasteiger partial charge in [-0.25, -0.2) is 14.5 Å². The zero-order valence-electron chi connectivity index (χ0n) is 20.5. The Hall–Kier alpha value is -4.97. The van der Waals surface area contributed by atoms with Gasteiger partial charge in [-0.3, -0.25) is 0 Å². The molecule has 1 N–H and O–H groups in total. The van der Waals surface area contributed by atoms with Crippen LogP contribution in [0.3, 0.4) is 0 Å². The maximum atomic E-state index is 12.4. The first-order valence-electron chi connectivity index (χ1n) is 12.7. The highest BCUT2D eigenvalue weighted by atomic mass is 16.4. The van der Waals surface area contributed by atoms with Crippen LogP contribution in [0.25, 0.3) is 50.7 Å². The van der Waals surface area contributed by atoms with Gasteiger partial charge in [-0.2, -0.15) is 5.10 Å². The van der Waals surface area contributed by atoms with E-state index in [0.717, 1.165) is 57.6 Å². The molecule has 0 fully saturated rings. The quantitative estimate of drug-likeness (QED) is 0.274. The smallest absolute Gasteiger partial charge is 0.336 e. The average molecular weight is 498 g/mol. The molecule has 3 aromatic carbocycles. The van der Waals surface area contributed by atoms with E-state index in [-0.39, 0.29) is 0 Å². The molecule has 1 aliphatic rings. The average Bonchev–Trinajstić information content (AvgIpc) is 3.56. The van der Waals surface area contributed by atoms with E-state index in [1.165, 1.54) is 0 Å². The molecule has 7 rings (SSSR count). The van der Waals surface area contributed by atoms with E-state index in [0.29, 0.717) is 28.6 Å². The standard InChI is InChI=1S/C32H23N3O3/c36-32(37)29-24-13-5-6-15-26(24)33-30-21(10-8-14-25(29)30)17-22-19-35(23-11-2-1-3-12-23)34-31(22)28-18-20-9-4-7-16-27(20)38-28/h1-7,9,11-13,15-19H,8,10,14H2,(H,36,37). The molecule has 0 radical (unpaired) electrons. The number of fused-ring (bicyclic) bond motifs is 3. The summed E-state index contributed by atoms with van der Waals surface area (Å²) in [6.07, 6.45) is 6.43. The molecule has 0 spiro atoms. The third-order valence-electron chi connectivity index (χ3n) is 7.14. The second kappa shape index (κ2) is 8.85. The molecule has 1 aliphatic carbocycles. The fourth-order valence-corrected chi connectivity index (χ4v) is 5.40. The number of furan rings is 1. The molecule has 0 saturated heterocycles. The lowest BCUT2D eigenvalue weighted by Crippen LogP contribution is -2.13. The predicted molar refractivity (Wildman–Crippen MR) is 148 cm³/mol. The molecule has 6 nitrogen and oxygen atoms in total. The van der Waals surface area contributed by atoms with Gasteiger partial charge in [-0.1, -0.05) is 54.6 Å². The minimum absolute atomic E-state index is 0.355. The first kappa shape index (κ1) is 22.2. The zero-order valence-corrected chi connectivity index (χ0v) is 20.5. The van der Waals surface area contributed by atoms with Gasteiger partial charge >= 0.3 is 5.97 Å². The van der Waals surface area contributed by atoms with Crippen LogP contribution in [0.4, 0.5) is 0 Å². The second-order valence-electron chi connectivity index (χ2n) is 9.52. The molecular weight excluding hydrogens is 474 g/mol. The molecule has 0 atom stereocenters. The molecule has 0 aliphatic heterocycles. The Morgan fingerprint density at radius 1 is 0.921 bits per heavy atom. The molecule has 6 heteroatoms. The van der Waals surface area contributed by atoms with Crippen LogP contribution < -0.4 is 0 Å². The van der Waals surface area contributed by atoms with E-state index in [1.54, 1.807) is 0 Å². The molecule has 0 bridgehead atoms. The molecule has 0 saturated carbocycles. The number of benzene rings is 3. The predicted octanol–water partition coefficient (Wildman–Crippen LogP) is 7.41. The van der Waals surface area contributed by atoms with Gasteiger partial charge in [-0.15, -0.1) is 0 Å². The molecule has 3 heterocycles. The Morgan fingerprint density at radius 3 is 2.55 bits per heavy atom. The molecule has 3 aromatic heterocycles. The number of carboxylic acids is 1. The zero-order chi connectivity index (χ0) is 25.6. The lowest BCUT2D eigenvalue weighted by Gasteiger charge is -2.21. The monoisotopic (exact) mass is 497 g/mol. The molecule has 0 amide bonds. The summed E-state index contributed by atoms with van der Waals surface area (Å²) < 4.78 is 8.07. The molecule has 38 heavy (non-hydrogen) atoms. The van der Waals surface area contributed by atoms with Crippen molar-refractivity contribution in [2.75, 3.05) is 0 Å². The summed E-state index contributed by atoms with van der Waals surface area (Å²) in [6.45, 7) is 0. The fourth-order valence-electron chi connectivity index (χ4n) is 5.40. The van der Waals surface area contributed by atoms with Crippen molar-refractivity contribution in [3.05, 3.63) is 114 Å². The van der Waals surface area contributed by atoms with Gasteiger partial charge in [0.2, 0.25) is 0 Å². The molecular formula is C32H23N3O3. The summed E-state index contributed by atoms with van der Waals surface area (Å²) in [4.78, 5) is 17.3. The Labute approximate surface area is 218 Å². The molecule has 184 valence electrons. The maximum absolute atomic E-state index is 12.4. The fraction of sp³-hybridized carbons (Fsp3) is 0.0938. The van der Waals surface area contributed by atoms with Crippen LogP contribution in [0.5, 0.6) is 0 Å². The van der Waals surface area contributed by atoms with Crippen molar-refractivity contribution >= 4 is 39.5 Å². The van der Waals surface area contributed by atoms with Gasteiger partial charge in [0.15, 0.2) is 5.76 Å². The van der Waals surface area contributed by atoms with E-state index in [9.17, 15) is 9.90 Å². The molecule has 6 aromatic rings. The third kappa shape index (κ3) is 3.69. The number of carbonyl (C=O) groups is 1. The summed E-state index contributed by atoms with van der Waals surface area (Å²) in [6, 6.07) is 27.4. The van der Waals surface area contributed by atoms with Gasteiger partial charge in [0.1, 0.15) is 11.3 Å². The van der Waals surface area contributed by atoms with E-state index in [4.69, 9.17) is 14.5 Å². The second-order valence-corrected chi connectivity index (χ2v) is 9.52. The van der Waals surface area contributed by atoms with Crippen LogP contribution in [0, 0.1) is 0 Å². The first-order valence-corrected chi connectivity index (χ1v) is 12.7. The van der Waals surface area contributed by atoms with Gasteiger partial charge in [0.05, 0.1) is 22.5 Å². The first-order chi connectivity index (χ1) is 18.7. The maximum Gasteiger partial charge on any atom is 0.336 e. The van der Waals surface area contributed by atoms with Gasteiger partial charge in [0.25, 0.3) is 0 Å². The van der Waals surface area contributed by atoms with Crippen molar-refractivity contribution in [1.29, 1.82) is 0 Å². The number of nitrogens with zero attached hydrogens (tertiary/aromatic N) is 3. The summed E-state index contributed by atoms with van der Waals surface area (Å²) in [5, 5.41) is 16.8. The summed E-state index contributed by atoms with van der Waals surface area (Å²) in [5.41, 5.74) is 6.97. The number of rotatable bonds is 4. The van der Waals surface area contributed by atoms with Crippen LogP contribution in [-0.2, 0) is 6.42 Å². The normalized spacial score (nSPS) is 14.3. The van der Waals surface area contributed by atoms with E-state index < -0.39 is 5.97 Å². The van der Waals surface area contributed by atoms with Crippen LogP contribution in [0.15, 0.2) is 95.5 Å². The Kier molecular flexibility index (Phi) is 5.18. The van der Waals surface area contributed by atoms with E-state index >= 15 is 0 Å². The number of aromatic nitrogens is 3. The topological polar surface area (TPSA) is 81.1 Å². The number of hydrogen-bond acceptors (Lipinski definition) is 4. The highest BCUT2D eigenvalue weighted by Gasteiger charge is 2.25. The van der Waals surface area contributed by atoms with Crippen molar-refractivity contribution in [1.82, 2.24) is 14.8 Å². The van der Waals surface area contributed by atoms with E-state index in [1.807, 2.05) is 95.8 Å². The van der Waals surface area contributed by atoms with Gasteiger partial charge in [-0.05, 0) is 66.8 Å². The summed E-state index contributed by atoms with van der Waals surface area (Å²) in [7, 11) is 0. The lowest BCUT2D eigenvalue weighted by atomic mass is 9.86. The molecule has 0 unspecified atom stereocenters. The van der Waals surface area contributed by atoms with E-state index in [2.05, 4.69) is 6.08 Å². The number of para-hydroxylation sites is 3. The number of hydrogen-bond donors (Lipinski definition) is 1. The Bertz CT molecular complexity index is 1850. The number of carboxylic acid groups (broad SMARTS) is 1. The highest BCUT2D eigenvalue weighted by Crippen LogP contribution is 2.38. The minimum Gasteiger partial charge on any atom is -0.478 e. The highest BCUT2D eigenvalue weighted by molar-refractivity contribution is 6.06. The van der Waals surface area contributed by atoms with Crippen molar-refractivity contribution in [3.8, 4) is 17.1 Å². The van der Waals surface area contributed by atoms with Crippen LogP contribution in [0.2, 0.25) is 0 Å². The Balaban J connectivity index is 1.44. The van der Waals surface area contributed by atoms with Crippen molar-refractivity contribution in [2.24, 2.45) is 0 Å². The van der Waals surface area contributed by atoms with Gasteiger partial charge in [0, 0.05) is 22.5 Å². The lowest BCUT2D eigenvalue weighted by molar-refractivity contribution is 0.0697. The van der Waals surface area contributed by atoms with Crippen molar-refractivity contribution < 1.29 is 14.3 Å².